The molecule has 10 heteroatoms. The number of aromatic hydroxyl groups is 1. The second-order valence-corrected chi connectivity index (χ2v) is 4.64. The molecule has 10 nitrogen and oxygen atoms in total. The van der Waals surface area contributed by atoms with Crippen LogP contribution in [0.3, 0.4) is 0 Å². The van der Waals surface area contributed by atoms with Gasteiger partial charge in [-0.1, -0.05) is 0 Å². The van der Waals surface area contributed by atoms with Crippen molar-refractivity contribution < 1.29 is 19.6 Å². The molecule has 1 aromatic rings. The van der Waals surface area contributed by atoms with E-state index in [1.165, 1.54) is 4.90 Å². The molecule has 0 atom stereocenters. The van der Waals surface area contributed by atoms with Crippen LogP contribution in [0.1, 0.15) is 33.6 Å². The Balaban J connectivity index is 2.55. The van der Waals surface area contributed by atoms with Crippen LogP contribution >= 0.6 is 0 Å². The first-order chi connectivity index (χ1) is 10.5. The number of nitro groups is 1. The number of phenols is 1. The van der Waals surface area contributed by atoms with E-state index in [1.807, 2.05) is 0 Å². The molecule has 0 unspecified atom stereocenters. The first-order valence-electron chi connectivity index (χ1n) is 6.35. The third kappa shape index (κ3) is 2.81. The normalized spacial score (nSPS) is 13.5. The molecular formula is C12H11N5O5. The predicted molar refractivity (Wildman–Crippen MR) is 73.4 cm³/mol. The zero-order chi connectivity index (χ0) is 16.3. The van der Waals surface area contributed by atoms with E-state index in [9.17, 15) is 24.8 Å². The van der Waals surface area contributed by atoms with E-state index in [4.69, 9.17) is 5.53 Å². The van der Waals surface area contributed by atoms with Crippen molar-refractivity contribution in [3.05, 3.63) is 43.8 Å². The van der Waals surface area contributed by atoms with Gasteiger partial charge in [-0.15, -0.1) is 0 Å². The number of amides is 2. The van der Waals surface area contributed by atoms with E-state index in [0.717, 1.165) is 18.9 Å². The van der Waals surface area contributed by atoms with Gasteiger partial charge in [0.2, 0.25) is 0 Å². The molecule has 2 rings (SSSR count). The zero-order valence-corrected chi connectivity index (χ0v) is 11.3. The topological polar surface area (TPSA) is 150 Å². The number of nitrogens with zero attached hydrogens (tertiary/aromatic N) is 5. The summed E-state index contributed by atoms with van der Waals surface area (Å²) in [5.74, 6) is -2.44. The SMILES string of the molecule is [N-]=[N+]=NC(=O)c1cc(C(=O)N2CCCC2)c([N+](=O)[O-])cc1O. The Morgan fingerprint density at radius 3 is 2.50 bits per heavy atom. The van der Waals surface area contributed by atoms with Crippen molar-refractivity contribution in [2.75, 3.05) is 13.1 Å². The molecule has 0 aliphatic carbocycles. The lowest BCUT2D eigenvalue weighted by molar-refractivity contribution is -0.385. The van der Waals surface area contributed by atoms with Gasteiger partial charge in [-0.3, -0.25) is 19.7 Å². The fourth-order valence-corrected chi connectivity index (χ4v) is 2.26. The Morgan fingerprint density at radius 1 is 1.32 bits per heavy atom. The van der Waals surface area contributed by atoms with Crippen molar-refractivity contribution >= 4 is 17.5 Å². The Bertz CT molecular complexity index is 704. The molecule has 1 saturated heterocycles. The molecule has 1 aliphatic heterocycles. The lowest BCUT2D eigenvalue weighted by atomic mass is 10.1. The molecule has 2 amide bonds. The lowest BCUT2D eigenvalue weighted by Gasteiger charge is -2.15. The Kier molecular flexibility index (Phi) is 4.23. The van der Waals surface area contributed by atoms with Crippen molar-refractivity contribution in [2.24, 2.45) is 5.11 Å². The van der Waals surface area contributed by atoms with Gasteiger partial charge >= 0.3 is 0 Å². The molecule has 1 aromatic carbocycles. The predicted octanol–water partition coefficient (Wildman–Crippen LogP) is 1.99. The highest BCUT2D eigenvalue weighted by molar-refractivity contribution is 6.04. The van der Waals surface area contributed by atoms with Crippen LogP contribution < -0.4 is 0 Å². The molecule has 114 valence electrons. The second kappa shape index (κ2) is 6.10. The highest BCUT2D eigenvalue weighted by Crippen LogP contribution is 2.30. The average Bonchev–Trinajstić information content (AvgIpc) is 3.00. The number of likely N-dealkylation sites (tertiary alicyclic amines) is 1. The van der Waals surface area contributed by atoms with Crippen molar-refractivity contribution in [1.82, 2.24) is 4.90 Å². The first kappa shape index (κ1) is 15.3. The van der Waals surface area contributed by atoms with Crippen LogP contribution in [0.4, 0.5) is 5.69 Å². The van der Waals surface area contributed by atoms with E-state index in [2.05, 4.69) is 10.0 Å². The number of rotatable bonds is 3. The Hall–Kier alpha value is -3.13. The molecule has 22 heavy (non-hydrogen) atoms. The number of phenolic OH excluding ortho intramolecular Hbond substituents is 1. The van der Waals surface area contributed by atoms with E-state index < -0.39 is 33.7 Å². The number of hydrogen-bond donors (Lipinski definition) is 1. The summed E-state index contributed by atoms with van der Waals surface area (Å²) in [5, 5.41) is 23.5. The van der Waals surface area contributed by atoms with Crippen molar-refractivity contribution in [2.45, 2.75) is 12.8 Å². The minimum absolute atomic E-state index is 0.318. The summed E-state index contributed by atoms with van der Waals surface area (Å²) >= 11 is 0. The van der Waals surface area contributed by atoms with Crippen molar-refractivity contribution in [3.63, 3.8) is 0 Å². The van der Waals surface area contributed by atoms with Gasteiger partial charge in [-0.2, -0.15) is 0 Å². The standard InChI is InChI=1S/C12H11N5O5/c13-15-14-11(19)8-5-7(9(17(21)22)6-10(8)18)12(20)16-3-1-2-4-16/h5-6,18H,1-4H2. The highest BCUT2D eigenvalue weighted by Gasteiger charge is 2.29. The summed E-state index contributed by atoms with van der Waals surface area (Å²) in [6, 6.07) is 1.61. The summed E-state index contributed by atoms with van der Waals surface area (Å²) in [4.78, 5) is 37.9. The van der Waals surface area contributed by atoms with Gasteiger partial charge in [0.25, 0.3) is 17.5 Å². The van der Waals surface area contributed by atoms with Gasteiger partial charge in [0, 0.05) is 18.0 Å². The maximum atomic E-state index is 12.3. The van der Waals surface area contributed by atoms with E-state index >= 15 is 0 Å². The fourth-order valence-electron chi connectivity index (χ4n) is 2.26. The van der Waals surface area contributed by atoms with Crippen LogP contribution in [0.2, 0.25) is 0 Å². The molecule has 0 spiro atoms. The maximum Gasteiger partial charge on any atom is 0.285 e. The summed E-state index contributed by atoms with van der Waals surface area (Å²) in [6.45, 7) is 0.937. The van der Waals surface area contributed by atoms with Crippen molar-refractivity contribution in [1.29, 1.82) is 0 Å². The molecule has 1 fully saturated rings. The van der Waals surface area contributed by atoms with E-state index in [0.29, 0.717) is 19.2 Å². The van der Waals surface area contributed by atoms with Gasteiger partial charge < -0.3 is 10.0 Å². The van der Waals surface area contributed by atoms with Crippen LogP contribution in [-0.2, 0) is 0 Å². The Morgan fingerprint density at radius 2 is 1.95 bits per heavy atom. The molecule has 1 N–H and O–H groups in total. The third-order valence-electron chi connectivity index (χ3n) is 3.30. The second-order valence-electron chi connectivity index (χ2n) is 4.64. The number of benzene rings is 1. The monoisotopic (exact) mass is 305 g/mol. The molecule has 0 saturated carbocycles. The number of nitro benzene ring substituents is 1. The molecule has 1 aliphatic rings. The number of azide groups is 1. The number of hydrogen-bond acceptors (Lipinski definition) is 5. The third-order valence-corrected chi connectivity index (χ3v) is 3.30. The Labute approximate surface area is 123 Å². The summed E-state index contributed by atoms with van der Waals surface area (Å²) in [6.07, 6.45) is 1.59. The van der Waals surface area contributed by atoms with Crippen molar-refractivity contribution in [3.8, 4) is 5.75 Å². The molecule has 0 bridgehead atoms. The first-order valence-corrected chi connectivity index (χ1v) is 6.35. The number of carbonyl (C=O) groups is 2. The van der Waals surface area contributed by atoms with Gasteiger partial charge in [0.05, 0.1) is 16.6 Å². The molecule has 0 radical (unpaired) electrons. The molecule has 0 aromatic heterocycles. The van der Waals surface area contributed by atoms with Gasteiger partial charge in [-0.25, -0.2) is 0 Å². The van der Waals surface area contributed by atoms with E-state index in [1.54, 1.807) is 0 Å². The lowest BCUT2D eigenvalue weighted by Crippen LogP contribution is -2.28. The van der Waals surface area contributed by atoms with Crippen LogP contribution in [0.5, 0.6) is 5.75 Å². The van der Waals surface area contributed by atoms with Crippen LogP contribution in [0, 0.1) is 10.1 Å². The minimum atomic E-state index is -1.12. The smallest absolute Gasteiger partial charge is 0.285 e. The number of carbonyl (C=O) groups excluding carboxylic acids is 2. The summed E-state index contributed by atoms with van der Waals surface area (Å²) in [7, 11) is 0. The average molecular weight is 305 g/mol. The largest absolute Gasteiger partial charge is 0.507 e. The van der Waals surface area contributed by atoms with Gasteiger partial charge in [-0.05, 0) is 29.6 Å². The van der Waals surface area contributed by atoms with Gasteiger partial charge in [0.15, 0.2) is 0 Å². The highest BCUT2D eigenvalue weighted by atomic mass is 16.6. The fraction of sp³-hybridized carbons (Fsp3) is 0.333. The molecular weight excluding hydrogens is 294 g/mol. The molecule has 1 heterocycles. The van der Waals surface area contributed by atoms with E-state index in [-0.39, 0.29) is 5.56 Å². The van der Waals surface area contributed by atoms with Crippen LogP contribution in [-0.4, -0.2) is 39.8 Å². The summed E-state index contributed by atoms with van der Waals surface area (Å²) in [5.41, 5.74) is 6.88. The van der Waals surface area contributed by atoms with Gasteiger partial charge in [0.1, 0.15) is 11.3 Å². The van der Waals surface area contributed by atoms with Crippen LogP contribution in [0.15, 0.2) is 17.2 Å². The summed E-state index contributed by atoms with van der Waals surface area (Å²) < 4.78 is 0. The minimum Gasteiger partial charge on any atom is -0.507 e. The quantitative estimate of drug-likeness (QED) is 0.298. The zero-order valence-electron chi connectivity index (χ0n) is 11.3. The van der Waals surface area contributed by atoms with Crippen LogP contribution in [0.25, 0.3) is 10.4 Å². The maximum absolute atomic E-state index is 12.3.